The van der Waals surface area contributed by atoms with Crippen molar-refractivity contribution in [1.82, 2.24) is 10.2 Å². The van der Waals surface area contributed by atoms with E-state index in [2.05, 4.69) is 17.1 Å². The Bertz CT molecular complexity index is 632. The Hall–Kier alpha value is -1.94. The molecule has 2 aliphatic heterocycles. The molecule has 3 rings (SSSR count). The second-order valence-electron chi connectivity index (χ2n) is 7.11. The number of hydrogen-bond donors (Lipinski definition) is 2. The van der Waals surface area contributed by atoms with E-state index in [4.69, 9.17) is 10.00 Å². The minimum absolute atomic E-state index is 0.260. The Morgan fingerprint density at radius 3 is 2.68 bits per heavy atom. The number of benzene rings is 1. The zero-order valence-electron chi connectivity index (χ0n) is 14.5. The Kier molecular flexibility index (Phi) is 5.69. The standard InChI is InChI=1S/C19H25N3O3/c1-13-6-8-22(9-7-13)11-17-18(23)16(12-25-17)21-19(24)15-4-2-14(10-20)3-5-15/h2-5,13,16-18,23H,6-9,11-12H2,1H3,(H,21,24)/t16-,17-,18+/m0/s1. The van der Waals surface area contributed by atoms with Crippen molar-refractivity contribution in [2.45, 2.75) is 38.0 Å². The lowest BCUT2D eigenvalue weighted by atomic mass is 9.98. The SMILES string of the molecule is CC1CCN(C[C@@H]2OC[C@H](NC(=O)c3ccc(C#N)cc3)[C@H]2O)CC1. The third-order valence-electron chi connectivity index (χ3n) is 5.19. The van der Waals surface area contributed by atoms with Gasteiger partial charge in [0.15, 0.2) is 0 Å². The van der Waals surface area contributed by atoms with E-state index in [-0.39, 0.29) is 12.0 Å². The van der Waals surface area contributed by atoms with Crippen molar-refractivity contribution in [1.29, 1.82) is 5.26 Å². The molecule has 2 saturated heterocycles. The fraction of sp³-hybridized carbons (Fsp3) is 0.579. The Morgan fingerprint density at radius 2 is 2.04 bits per heavy atom. The van der Waals surface area contributed by atoms with Crippen LogP contribution in [0.2, 0.25) is 0 Å². The number of nitrogens with one attached hydrogen (secondary N) is 1. The zero-order chi connectivity index (χ0) is 17.8. The highest BCUT2D eigenvalue weighted by molar-refractivity contribution is 5.94. The highest BCUT2D eigenvalue weighted by atomic mass is 16.5. The van der Waals surface area contributed by atoms with Crippen molar-refractivity contribution < 1.29 is 14.6 Å². The van der Waals surface area contributed by atoms with E-state index >= 15 is 0 Å². The van der Waals surface area contributed by atoms with Crippen LogP contribution in [0.4, 0.5) is 0 Å². The molecule has 1 aromatic carbocycles. The van der Waals surface area contributed by atoms with Crippen LogP contribution in [0.5, 0.6) is 0 Å². The summed E-state index contributed by atoms with van der Waals surface area (Å²) in [7, 11) is 0. The molecule has 2 fully saturated rings. The third-order valence-corrected chi connectivity index (χ3v) is 5.19. The predicted molar refractivity (Wildman–Crippen MR) is 93.0 cm³/mol. The second-order valence-corrected chi connectivity index (χ2v) is 7.11. The van der Waals surface area contributed by atoms with Crippen molar-refractivity contribution in [3.63, 3.8) is 0 Å². The van der Waals surface area contributed by atoms with Crippen LogP contribution in [-0.4, -0.2) is 60.4 Å². The van der Waals surface area contributed by atoms with E-state index in [1.807, 2.05) is 6.07 Å². The van der Waals surface area contributed by atoms with E-state index < -0.39 is 12.1 Å². The van der Waals surface area contributed by atoms with Gasteiger partial charge in [-0.3, -0.25) is 4.79 Å². The lowest BCUT2D eigenvalue weighted by Crippen LogP contribution is -2.47. The smallest absolute Gasteiger partial charge is 0.251 e. The lowest BCUT2D eigenvalue weighted by molar-refractivity contribution is 0.00864. The molecule has 0 bridgehead atoms. The molecule has 2 heterocycles. The topological polar surface area (TPSA) is 85.6 Å². The lowest BCUT2D eigenvalue weighted by Gasteiger charge is -2.32. The molecule has 0 radical (unpaired) electrons. The van der Waals surface area contributed by atoms with Crippen LogP contribution >= 0.6 is 0 Å². The first-order valence-corrected chi connectivity index (χ1v) is 8.90. The molecule has 2 aliphatic rings. The number of carbonyl (C=O) groups is 1. The molecule has 3 atom stereocenters. The van der Waals surface area contributed by atoms with Gasteiger partial charge in [0, 0.05) is 12.1 Å². The molecule has 6 nitrogen and oxygen atoms in total. The average Bonchev–Trinajstić information content (AvgIpc) is 2.97. The minimum atomic E-state index is -0.707. The van der Waals surface area contributed by atoms with Crippen LogP contribution in [0, 0.1) is 17.2 Å². The molecule has 2 N–H and O–H groups in total. The summed E-state index contributed by atoms with van der Waals surface area (Å²) in [6, 6.07) is 8.06. The first kappa shape index (κ1) is 17.9. The molecule has 134 valence electrons. The van der Waals surface area contributed by atoms with Crippen molar-refractivity contribution in [3.05, 3.63) is 35.4 Å². The first-order valence-electron chi connectivity index (χ1n) is 8.90. The van der Waals surface area contributed by atoms with Crippen LogP contribution < -0.4 is 5.32 Å². The number of aliphatic hydroxyl groups excluding tert-OH is 1. The van der Waals surface area contributed by atoms with Gasteiger partial charge in [-0.05, 0) is 56.1 Å². The van der Waals surface area contributed by atoms with E-state index in [0.717, 1.165) is 19.0 Å². The van der Waals surface area contributed by atoms with E-state index in [1.54, 1.807) is 24.3 Å². The predicted octanol–water partition coefficient (Wildman–Crippen LogP) is 1.15. The fourth-order valence-electron chi connectivity index (χ4n) is 3.42. The van der Waals surface area contributed by atoms with Gasteiger partial charge in [-0.1, -0.05) is 6.92 Å². The quantitative estimate of drug-likeness (QED) is 0.856. The summed E-state index contributed by atoms with van der Waals surface area (Å²) in [5, 5.41) is 22.1. The Morgan fingerprint density at radius 1 is 1.36 bits per heavy atom. The molecule has 0 aromatic heterocycles. The fourth-order valence-corrected chi connectivity index (χ4v) is 3.42. The number of rotatable bonds is 4. The maximum atomic E-state index is 12.3. The van der Waals surface area contributed by atoms with Crippen LogP contribution in [0.1, 0.15) is 35.7 Å². The van der Waals surface area contributed by atoms with Gasteiger partial charge in [-0.25, -0.2) is 0 Å². The normalized spacial score (nSPS) is 27.8. The molecule has 0 saturated carbocycles. The summed E-state index contributed by atoms with van der Waals surface area (Å²) in [6.45, 7) is 5.37. The summed E-state index contributed by atoms with van der Waals surface area (Å²) >= 11 is 0. The van der Waals surface area contributed by atoms with Gasteiger partial charge in [0.1, 0.15) is 6.10 Å². The number of ether oxygens (including phenoxy) is 1. The van der Waals surface area contributed by atoms with E-state index in [0.29, 0.717) is 24.3 Å². The van der Waals surface area contributed by atoms with Gasteiger partial charge in [-0.2, -0.15) is 5.26 Å². The molecule has 1 amide bonds. The highest BCUT2D eigenvalue weighted by Gasteiger charge is 2.38. The monoisotopic (exact) mass is 343 g/mol. The van der Waals surface area contributed by atoms with Crippen LogP contribution in [0.25, 0.3) is 0 Å². The largest absolute Gasteiger partial charge is 0.388 e. The summed E-state index contributed by atoms with van der Waals surface area (Å²) in [5.74, 6) is 0.509. The summed E-state index contributed by atoms with van der Waals surface area (Å²) in [6.07, 6.45) is 1.39. The van der Waals surface area contributed by atoms with Gasteiger partial charge in [0.05, 0.1) is 30.4 Å². The number of amides is 1. The van der Waals surface area contributed by atoms with Crippen molar-refractivity contribution in [2.75, 3.05) is 26.2 Å². The molecular weight excluding hydrogens is 318 g/mol. The van der Waals surface area contributed by atoms with E-state index in [1.165, 1.54) is 12.8 Å². The zero-order valence-corrected chi connectivity index (χ0v) is 14.5. The van der Waals surface area contributed by atoms with Crippen LogP contribution in [0.15, 0.2) is 24.3 Å². The van der Waals surface area contributed by atoms with Crippen molar-refractivity contribution in [2.24, 2.45) is 5.92 Å². The van der Waals surface area contributed by atoms with Crippen LogP contribution in [0.3, 0.4) is 0 Å². The number of carbonyl (C=O) groups excluding carboxylic acids is 1. The van der Waals surface area contributed by atoms with Gasteiger partial charge >= 0.3 is 0 Å². The number of nitrogens with zero attached hydrogens (tertiary/aromatic N) is 2. The summed E-state index contributed by atoms with van der Waals surface area (Å²) in [4.78, 5) is 14.6. The molecule has 1 aromatic rings. The van der Waals surface area contributed by atoms with Crippen LogP contribution in [-0.2, 0) is 4.74 Å². The number of aliphatic hydroxyl groups is 1. The molecule has 25 heavy (non-hydrogen) atoms. The highest BCUT2D eigenvalue weighted by Crippen LogP contribution is 2.21. The number of piperidine rings is 1. The maximum absolute atomic E-state index is 12.3. The van der Waals surface area contributed by atoms with Gasteiger partial charge in [-0.15, -0.1) is 0 Å². The Labute approximate surface area is 148 Å². The second kappa shape index (κ2) is 7.96. The third kappa shape index (κ3) is 4.37. The van der Waals surface area contributed by atoms with Gasteiger partial charge in [0.25, 0.3) is 5.91 Å². The molecule has 6 heteroatoms. The molecular formula is C19H25N3O3. The van der Waals surface area contributed by atoms with Gasteiger partial charge < -0.3 is 20.1 Å². The first-order chi connectivity index (χ1) is 12.1. The average molecular weight is 343 g/mol. The summed E-state index contributed by atoms with van der Waals surface area (Å²) < 4.78 is 5.73. The van der Waals surface area contributed by atoms with Crippen molar-refractivity contribution in [3.8, 4) is 6.07 Å². The molecule has 0 unspecified atom stereocenters. The van der Waals surface area contributed by atoms with Crippen molar-refractivity contribution >= 4 is 5.91 Å². The maximum Gasteiger partial charge on any atom is 0.251 e. The number of nitriles is 1. The van der Waals surface area contributed by atoms with E-state index in [9.17, 15) is 9.90 Å². The Balaban J connectivity index is 1.52. The summed E-state index contributed by atoms with van der Waals surface area (Å²) in [5.41, 5.74) is 0.983. The molecule has 0 spiro atoms. The number of hydrogen-bond acceptors (Lipinski definition) is 5. The minimum Gasteiger partial charge on any atom is -0.388 e. The molecule has 0 aliphatic carbocycles. The van der Waals surface area contributed by atoms with Gasteiger partial charge in [0.2, 0.25) is 0 Å². The number of likely N-dealkylation sites (tertiary alicyclic amines) is 1.